The monoisotopic (exact) mass is 291 g/mol. The van der Waals surface area contributed by atoms with Gasteiger partial charge in [-0.25, -0.2) is 8.78 Å². The van der Waals surface area contributed by atoms with Crippen molar-refractivity contribution in [2.75, 3.05) is 6.54 Å². The highest BCUT2D eigenvalue weighted by molar-refractivity contribution is 5.94. The maximum absolute atomic E-state index is 13.4. The standard InChI is InChI=1S/C16H15F2NO2/c1-10-2-4-11(5-3-10)15(20)9-19-16(21)13-7-6-12(17)8-14(13)18/h2-8,15,20H,9H2,1H3,(H,19,21)/t15-/m1/s1. The van der Waals surface area contributed by atoms with E-state index in [0.717, 1.165) is 17.7 Å². The highest BCUT2D eigenvalue weighted by Gasteiger charge is 2.14. The zero-order valence-corrected chi connectivity index (χ0v) is 11.4. The maximum Gasteiger partial charge on any atom is 0.254 e. The lowest BCUT2D eigenvalue weighted by Gasteiger charge is -2.13. The van der Waals surface area contributed by atoms with Gasteiger partial charge in [0.1, 0.15) is 11.6 Å². The molecule has 5 heteroatoms. The molecule has 0 heterocycles. The van der Waals surface area contributed by atoms with Crippen LogP contribution in [0.4, 0.5) is 8.78 Å². The van der Waals surface area contributed by atoms with Gasteiger partial charge in [0.05, 0.1) is 11.7 Å². The smallest absolute Gasteiger partial charge is 0.254 e. The van der Waals surface area contributed by atoms with Crippen molar-refractivity contribution in [3.8, 4) is 0 Å². The van der Waals surface area contributed by atoms with Gasteiger partial charge < -0.3 is 10.4 Å². The molecular weight excluding hydrogens is 276 g/mol. The SMILES string of the molecule is Cc1ccc([C@H](O)CNC(=O)c2ccc(F)cc2F)cc1. The van der Waals surface area contributed by atoms with Gasteiger partial charge >= 0.3 is 0 Å². The van der Waals surface area contributed by atoms with Crippen LogP contribution in [0, 0.1) is 18.6 Å². The highest BCUT2D eigenvalue weighted by Crippen LogP contribution is 2.14. The van der Waals surface area contributed by atoms with E-state index in [1.165, 1.54) is 0 Å². The van der Waals surface area contributed by atoms with Gasteiger partial charge in [0.15, 0.2) is 0 Å². The second kappa shape index (κ2) is 6.45. The van der Waals surface area contributed by atoms with Crippen LogP contribution in [0.25, 0.3) is 0 Å². The van der Waals surface area contributed by atoms with Gasteiger partial charge in [-0.15, -0.1) is 0 Å². The molecule has 1 amide bonds. The van der Waals surface area contributed by atoms with Crippen LogP contribution in [0.2, 0.25) is 0 Å². The van der Waals surface area contributed by atoms with Crippen LogP contribution in [0.1, 0.15) is 27.6 Å². The molecule has 21 heavy (non-hydrogen) atoms. The van der Waals surface area contributed by atoms with E-state index in [2.05, 4.69) is 5.32 Å². The summed E-state index contributed by atoms with van der Waals surface area (Å²) >= 11 is 0. The minimum atomic E-state index is -0.933. The Hall–Kier alpha value is -2.27. The molecule has 0 saturated heterocycles. The molecule has 110 valence electrons. The first-order valence-electron chi connectivity index (χ1n) is 6.45. The summed E-state index contributed by atoms with van der Waals surface area (Å²) in [5.74, 6) is -2.38. The minimum absolute atomic E-state index is 0.0568. The number of aliphatic hydroxyl groups excluding tert-OH is 1. The molecule has 0 aromatic heterocycles. The minimum Gasteiger partial charge on any atom is -0.387 e. The molecule has 2 aromatic carbocycles. The van der Waals surface area contributed by atoms with Crippen LogP contribution >= 0.6 is 0 Å². The second-order valence-corrected chi connectivity index (χ2v) is 4.76. The van der Waals surface area contributed by atoms with E-state index in [4.69, 9.17) is 0 Å². The quantitative estimate of drug-likeness (QED) is 0.910. The number of carbonyl (C=O) groups excluding carboxylic acids is 1. The van der Waals surface area contributed by atoms with E-state index < -0.39 is 23.6 Å². The van der Waals surface area contributed by atoms with Gasteiger partial charge in [-0.2, -0.15) is 0 Å². The first-order valence-corrected chi connectivity index (χ1v) is 6.45. The van der Waals surface area contributed by atoms with Gasteiger partial charge in [0.25, 0.3) is 5.91 Å². The molecule has 2 rings (SSSR count). The van der Waals surface area contributed by atoms with E-state index in [-0.39, 0.29) is 12.1 Å². The third-order valence-electron chi connectivity index (χ3n) is 3.09. The lowest BCUT2D eigenvalue weighted by atomic mass is 10.1. The third-order valence-corrected chi connectivity index (χ3v) is 3.09. The number of aryl methyl sites for hydroxylation is 1. The fraction of sp³-hybridized carbons (Fsp3) is 0.188. The molecule has 0 radical (unpaired) electrons. The largest absolute Gasteiger partial charge is 0.387 e. The topological polar surface area (TPSA) is 49.3 Å². The average molecular weight is 291 g/mol. The molecule has 0 unspecified atom stereocenters. The van der Waals surface area contributed by atoms with Gasteiger partial charge in [-0.3, -0.25) is 4.79 Å². The molecule has 0 spiro atoms. The van der Waals surface area contributed by atoms with Crippen LogP contribution in [-0.2, 0) is 0 Å². The Labute approximate surface area is 121 Å². The Morgan fingerprint density at radius 1 is 1.19 bits per heavy atom. The molecule has 0 aliphatic heterocycles. The van der Waals surface area contributed by atoms with Crippen molar-refractivity contribution in [1.29, 1.82) is 0 Å². The van der Waals surface area contributed by atoms with E-state index in [0.29, 0.717) is 11.6 Å². The zero-order chi connectivity index (χ0) is 15.4. The number of rotatable bonds is 4. The van der Waals surface area contributed by atoms with Crippen molar-refractivity contribution in [3.05, 3.63) is 70.8 Å². The van der Waals surface area contributed by atoms with Gasteiger partial charge in [0, 0.05) is 12.6 Å². The summed E-state index contributed by atoms with van der Waals surface area (Å²) in [5, 5.41) is 12.4. The van der Waals surface area contributed by atoms with Gasteiger partial charge in [0.2, 0.25) is 0 Å². The lowest BCUT2D eigenvalue weighted by Crippen LogP contribution is -2.29. The zero-order valence-electron chi connectivity index (χ0n) is 11.4. The lowest BCUT2D eigenvalue weighted by molar-refractivity contribution is 0.0912. The number of aliphatic hydroxyl groups is 1. The first kappa shape index (κ1) is 15.1. The molecule has 2 aromatic rings. The fourth-order valence-corrected chi connectivity index (χ4v) is 1.86. The van der Waals surface area contributed by atoms with Crippen molar-refractivity contribution in [3.63, 3.8) is 0 Å². The summed E-state index contributed by atoms with van der Waals surface area (Å²) in [7, 11) is 0. The summed E-state index contributed by atoms with van der Waals surface area (Å²) < 4.78 is 26.2. The third kappa shape index (κ3) is 3.86. The molecule has 0 fully saturated rings. The predicted octanol–water partition coefficient (Wildman–Crippen LogP) is 2.74. The summed E-state index contributed by atoms with van der Waals surface area (Å²) in [5.41, 5.74) is 1.45. The van der Waals surface area contributed by atoms with E-state index in [9.17, 15) is 18.7 Å². The van der Waals surface area contributed by atoms with E-state index in [1.54, 1.807) is 12.1 Å². The predicted molar refractivity (Wildman–Crippen MR) is 74.8 cm³/mol. The Morgan fingerprint density at radius 3 is 2.48 bits per heavy atom. The molecule has 0 bridgehead atoms. The van der Waals surface area contributed by atoms with Crippen LogP contribution in [-0.4, -0.2) is 17.6 Å². The van der Waals surface area contributed by atoms with Crippen molar-refractivity contribution in [2.45, 2.75) is 13.0 Å². The van der Waals surface area contributed by atoms with E-state index in [1.807, 2.05) is 19.1 Å². The second-order valence-electron chi connectivity index (χ2n) is 4.76. The summed E-state index contributed by atoms with van der Waals surface area (Å²) in [6.07, 6.45) is -0.891. The van der Waals surface area contributed by atoms with Gasteiger partial charge in [-0.1, -0.05) is 29.8 Å². The number of halogens is 2. The van der Waals surface area contributed by atoms with Crippen molar-refractivity contribution < 1.29 is 18.7 Å². The average Bonchev–Trinajstić information content (AvgIpc) is 2.45. The van der Waals surface area contributed by atoms with Crippen molar-refractivity contribution in [2.24, 2.45) is 0 Å². The normalized spacial score (nSPS) is 12.0. The Kier molecular flexibility index (Phi) is 4.65. The number of benzene rings is 2. The molecule has 3 nitrogen and oxygen atoms in total. The van der Waals surface area contributed by atoms with Crippen molar-refractivity contribution >= 4 is 5.91 Å². The molecule has 0 aliphatic rings. The highest BCUT2D eigenvalue weighted by atomic mass is 19.1. The van der Waals surface area contributed by atoms with Crippen molar-refractivity contribution in [1.82, 2.24) is 5.32 Å². The molecule has 1 atom stereocenters. The summed E-state index contributed by atoms with van der Waals surface area (Å²) in [4.78, 5) is 11.8. The molecule has 2 N–H and O–H groups in total. The Balaban J connectivity index is 1.99. The van der Waals surface area contributed by atoms with Crippen LogP contribution in [0.15, 0.2) is 42.5 Å². The Bertz CT molecular complexity index is 641. The van der Waals surface area contributed by atoms with Crippen LogP contribution < -0.4 is 5.32 Å². The van der Waals surface area contributed by atoms with Crippen LogP contribution in [0.5, 0.6) is 0 Å². The molecule has 0 aliphatic carbocycles. The Morgan fingerprint density at radius 2 is 1.86 bits per heavy atom. The fourth-order valence-electron chi connectivity index (χ4n) is 1.86. The summed E-state index contributed by atoms with van der Waals surface area (Å²) in [6.45, 7) is 1.87. The number of hydrogen-bond acceptors (Lipinski definition) is 2. The number of hydrogen-bond donors (Lipinski definition) is 2. The number of carbonyl (C=O) groups is 1. The summed E-state index contributed by atoms with van der Waals surface area (Å²) in [6, 6.07) is 9.92. The number of nitrogens with one attached hydrogen (secondary N) is 1. The number of amides is 1. The maximum atomic E-state index is 13.4. The van der Waals surface area contributed by atoms with Gasteiger partial charge in [-0.05, 0) is 24.6 Å². The van der Waals surface area contributed by atoms with E-state index >= 15 is 0 Å². The molecular formula is C16H15F2NO2. The molecule has 0 saturated carbocycles. The van der Waals surface area contributed by atoms with Crippen LogP contribution in [0.3, 0.4) is 0 Å². The first-order chi connectivity index (χ1) is 9.97.